The Bertz CT molecular complexity index is 770. The number of piperazine rings is 1. The molecule has 1 fully saturated rings. The highest BCUT2D eigenvalue weighted by Gasteiger charge is 2.22. The van der Waals surface area contributed by atoms with Crippen molar-refractivity contribution in [2.24, 2.45) is 0 Å². The van der Waals surface area contributed by atoms with E-state index in [2.05, 4.69) is 72.2 Å². The van der Waals surface area contributed by atoms with Crippen molar-refractivity contribution < 1.29 is 9.32 Å². The van der Waals surface area contributed by atoms with Crippen molar-refractivity contribution in [1.29, 1.82) is 0 Å². The Kier molecular flexibility index (Phi) is 5.97. The first-order chi connectivity index (χ1) is 12.8. The molecule has 0 aliphatic carbocycles. The summed E-state index contributed by atoms with van der Waals surface area (Å²) < 4.78 is 5.24. The fourth-order valence-electron chi connectivity index (χ4n) is 3.20. The van der Waals surface area contributed by atoms with Gasteiger partial charge in [0, 0.05) is 44.2 Å². The van der Waals surface area contributed by atoms with Gasteiger partial charge in [0.1, 0.15) is 0 Å². The summed E-state index contributed by atoms with van der Waals surface area (Å²) in [5.41, 5.74) is 3.45. The fourth-order valence-corrected chi connectivity index (χ4v) is 3.20. The molecule has 146 valence electrons. The molecule has 0 spiro atoms. The molecule has 27 heavy (non-hydrogen) atoms. The Morgan fingerprint density at radius 3 is 2.44 bits per heavy atom. The number of aryl methyl sites for hydroxylation is 1. The van der Waals surface area contributed by atoms with Gasteiger partial charge in [0.2, 0.25) is 11.8 Å². The van der Waals surface area contributed by atoms with Gasteiger partial charge < -0.3 is 4.52 Å². The van der Waals surface area contributed by atoms with Gasteiger partial charge in [-0.3, -0.25) is 19.9 Å². The summed E-state index contributed by atoms with van der Waals surface area (Å²) in [6.07, 6.45) is 0. The first-order valence-corrected chi connectivity index (χ1v) is 9.57. The standard InChI is InChI=1S/C21H30N4O2/c1-16-7-5-6-8-17(16)14-24-9-11-25(12-10-24)15-19(26)22-20-13-18(23-27-20)21(2,3)4/h5-8,13H,9-12,14-15H2,1-4H3,(H,22,26). The van der Waals surface area contributed by atoms with Crippen LogP contribution in [0.25, 0.3) is 0 Å². The number of nitrogens with one attached hydrogen (secondary N) is 1. The summed E-state index contributed by atoms with van der Waals surface area (Å²) in [6, 6.07) is 10.3. The van der Waals surface area contributed by atoms with Crippen LogP contribution in [0, 0.1) is 6.92 Å². The van der Waals surface area contributed by atoms with E-state index in [0.717, 1.165) is 38.4 Å². The smallest absolute Gasteiger partial charge is 0.240 e. The third kappa shape index (κ3) is 5.40. The zero-order valence-corrected chi connectivity index (χ0v) is 16.8. The molecule has 1 saturated heterocycles. The molecule has 0 atom stereocenters. The van der Waals surface area contributed by atoms with E-state index in [1.807, 2.05) is 0 Å². The second-order valence-corrected chi connectivity index (χ2v) is 8.35. The Hall–Kier alpha value is -2.18. The number of anilines is 1. The number of hydrogen-bond donors (Lipinski definition) is 1. The summed E-state index contributed by atoms with van der Waals surface area (Å²) in [6.45, 7) is 13.4. The van der Waals surface area contributed by atoms with Crippen LogP contribution in [0.15, 0.2) is 34.9 Å². The van der Waals surface area contributed by atoms with Crippen LogP contribution >= 0.6 is 0 Å². The number of carbonyl (C=O) groups excluding carboxylic acids is 1. The number of aromatic nitrogens is 1. The maximum atomic E-state index is 12.3. The van der Waals surface area contributed by atoms with Crippen LogP contribution in [-0.4, -0.2) is 53.6 Å². The van der Waals surface area contributed by atoms with Crippen LogP contribution < -0.4 is 5.32 Å². The minimum atomic E-state index is -0.0973. The predicted octanol–water partition coefficient (Wildman–Crippen LogP) is 3.04. The van der Waals surface area contributed by atoms with Crippen LogP contribution in [0.2, 0.25) is 0 Å². The average molecular weight is 370 g/mol. The molecule has 0 radical (unpaired) electrons. The average Bonchev–Trinajstić information content (AvgIpc) is 3.07. The molecule has 0 saturated carbocycles. The lowest BCUT2D eigenvalue weighted by atomic mass is 9.92. The van der Waals surface area contributed by atoms with Crippen LogP contribution in [0.5, 0.6) is 0 Å². The maximum Gasteiger partial charge on any atom is 0.240 e. The van der Waals surface area contributed by atoms with Gasteiger partial charge in [0.25, 0.3) is 0 Å². The van der Waals surface area contributed by atoms with E-state index in [4.69, 9.17) is 4.52 Å². The fraction of sp³-hybridized carbons (Fsp3) is 0.524. The van der Waals surface area contributed by atoms with Gasteiger partial charge in [-0.15, -0.1) is 0 Å². The van der Waals surface area contributed by atoms with Crippen molar-refractivity contribution in [3.05, 3.63) is 47.2 Å². The van der Waals surface area contributed by atoms with Gasteiger partial charge in [-0.05, 0) is 18.1 Å². The van der Waals surface area contributed by atoms with E-state index in [1.54, 1.807) is 6.07 Å². The van der Waals surface area contributed by atoms with Crippen molar-refractivity contribution in [1.82, 2.24) is 15.0 Å². The maximum absolute atomic E-state index is 12.3. The predicted molar refractivity (Wildman–Crippen MR) is 107 cm³/mol. The molecule has 3 rings (SSSR count). The van der Waals surface area contributed by atoms with Crippen molar-refractivity contribution in [3.63, 3.8) is 0 Å². The van der Waals surface area contributed by atoms with Crippen molar-refractivity contribution >= 4 is 11.8 Å². The number of hydrogen-bond acceptors (Lipinski definition) is 5. The van der Waals surface area contributed by atoms with Gasteiger partial charge in [-0.25, -0.2) is 0 Å². The monoisotopic (exact) mass is 370 g/mol. The van der Waals surface area contributed by atoms with E-state index < -0.39 is 0 Å². The summed E-state index contributed by atoms with van der Waals surface area (Å²) in [4.78, 5) is 16.9. The number of carbonyl (C=O) groups is 1. The molecular weight excluding hydrogens is 340 g/mol. The van der Waals surface area contributed by atoms with Crippen molar-refractivity contribution in [2.75, 3.05) is 38.0 Å². The summed E-state index contributed by atoms with van der Waals surface area (Å²) in [7, 11) is 0. The second kappa shape index (κ2) is 8.23. The summed E-state index contributed by atoms with van der Waals surface area (Å²) in [5.74, 6) is 0.363. The van der Waals surface area contributed by atoms with E-state index >= 15 is 0 Å². The number of benzene rings is 1. The molecule has 1 amide bonds. The molecule has 6 heteroatoms. The second-order valence-electron chi connectivity index (χ2n) is 8.35. The molecule has 2 aromatic rings. The van der Waals surface area contributed by atoms with Crippen LogP contribution in [0.3, 0.4) is 0 Å². The Labute approximate surface area is 161 Å². The lowest BCUT2D eigenvalue weighted by Gasteiger charge is -2.34. The number of amides is 1. The van der Waals surface area contributed by atoms with E-state index in [0.29, 0.717) is 12.4 Å². The molecule has 1 aliphatic rings. The summed E-state index contributed by atoms with van der Waals surface area (Å²) >= 11 is 0. The van der Waals surface area contributed by atoms with Crippen LogP contribution in [0.1, 0.15) is 37.6 Å². The van der Waals surface area contributed by atoms with Gasteiger partial charge >= 0.3 is 0 Å². The highest BCUT2D eigenvalue weighted by Crippen LogP contribution is 2.23. The molecule has 0 unspecified atom stereocenters. The van der Waals surface area contributed by atoms with Crippen molar-refractivity contribution in [3.8, 4) is 0 Å². The molecule has 1 aromatic heterocycles. The normalized spacial score (nSPS) is 16.4. The molecule has 1 aromatic carbocycles. The Morgan fingerprint density at radius 1 is 1.15 bits per heavy atom. The van der Waals surface area contributed by atoms with Crippen molar-refractivity contribution in [2.45, 2.75) is 39.7 Å². The molecule has 2 heterocycles. The highest BCUT2D eigenvalue weighted by molar-refractivity contribution is 5.91. The van der Waals surface area contributed by atoms with Crippen LogP contribution in [0.4, 0.5) is 5.88 Å². The lowest BCUT2D eigenvalue weighted by molar-refractivity contribution is -0.117. The first-order valence-electron chi connectivity index (χ1n) is 9.57. The molecule has 1 N–H and O–H groups in total. The van der Waals surface area contributed by atoms with E-state index in [-0.39, 0.29) is 11.3 Å². The van der Waals surface area contributed by atoms with Gasteiger partial charge in [0.15, 0.2) is 0 Å². The quantitative estimate of drug-likeness (QED) is 0.877. The zero-order chi connectivity index (χ0) is 19.4. The minimum absolute atomic E-state index is 0.0565. The highest BCUT2D eigenvalue weighted by atomic mass is 16.5. The van der Waals surface area contributed by atoms with E-state index in [1.165, 1.54) is 11.1 Å². The zero-order valence-electron chi connectivity index (χ0n) is 16.8. The van der Waals surface area contributed by atoms with Gasteiger partial charge in [-0.1, -0.05) is 50.2 Å². The topological polar surface area (TPSA) is 61.6 Å². The number of nitrogens with zero attached hydrogens (tertiary/aromatic N) is 3. The third-order valence-electron chi connectivity index (χ3n) is 5.03. The first kappa shape index (κ1) is 19.6. The van der Waals surface area contributed by atoms with Gasteiger partial charge in [0.05, 0.1) is 12.2 Å². The molecular formula is C21H30N4O2. The summed E-state index contributed by atoms with van der Waals surface area (Å²) in [5, 5.41) is 6.85. The van der Waals surface area contributed by atoms with E-state index in [9.17, 15) is 4.79 Å². The van der Waals surface area contributed by atoms with Gasteiger partial charge in [-0.2, -0.15) is 0 Å². The molecule has 6 nitrogen and oxygen atoms in total. The SMILES string of the molecule is Cc1ccccc1CN1CCN(CC(=O)Nc2cc(C(C)(C)C)no2)CC1. The third-order valence-corrected chi connectivity index (χ3v) is 5.03. The Balaban J connectivity index is 1.44. The lowest BCUT2D eigenvalue weighted by Crippen LogP contribution is -2.48. The number of rotatable bonds is 5. The van der Waals surface area contributed by atoms with Crippen LogP contribution in [-0.2, 0) is 16.8 Å². The molecule has 1 aliphatic heterocycles. The molecule has 0 bridgehead atoms. The Morgan fingerprint density at radius 2 is 1.81 bits per heavy atom. The minimum Gasteiger partial charge on any atom is -0.338 e. The largest absolute Gasteiger partial charge is 0.338 e.